The number of nitrogens with one attached hydrogen (secondary N) is 1. The van der Waals surface area contributed by atoms with E-state index in [-0.39, 0.29) is 18.9 Å². The first kappa shape index (κ1) is 15.7. The van der Waals surface area contributed by atoms with Gasteiger partial charge in [0.25, 0.3) is 5.91 Å². The molecule has 0 fully saturated rings. The highest BCUT2D eigenvalue weighted by molar-refractivity contribution is 9.10. The van der Waals surface area contributed by atoms with E-state index in [0.29, 0.717) is 5.56 Å². The van der Waals surface area contributed by atoms with Gasteiger partial charge in [-0.3, -0.25) is 9.59 Å². The van der Waals surface area contributed by atoms with E-state index in [1.54, 1.807) is 12.1 Å². The van der Waals surface area contributed by atoms with E-state index in [4.69, 9.17) is 9.84 Å². The minimum absolute atomic E-state index is 0.144. The first-order valence-electron chi connectivity index (χ1n) is 5.73. The number of carbonyl (C=O) groups is 2. The maximum Gasteiger partial charge on any atom is 0.306 e. The van der Waals surface area contributed by atoms with E-state index in [9.17, 15) is 9.59 Å². The average Bonchev–Trinajstić information content (AvgIpc) is 2.36. The molecular weight excluding hydrogens is 314 g/mol. The van der Waals surface area contributed by atoms with E-state index in [2.05, 4.69) is 21.2 Å². The topological polar surface area (TPSA) is 75.6 Å². The SMILES string of the molecule is COC(CNC(=O)c1ccc(C)c(Br)c1)CC(=O)O. The summed E-state index contributed by atoms with van der Waals surface area (Å²) in [6.07, 6.45) is -0.677. The molecule has 104 valence electrons. The van der Waals surface area contributed by atoms with Gasteiger partial charge < -0.3 is 15.2 Å². The standard InChI is InChI=1S/C13H16BrNO4/c1-8-3-4-9(5-11(8)14)13(18)15-7-10(19-2)6-12(16)17/h3-5,10H,6-7H2,1-2H3,(H,15,18)(H,16,17). The summed E-state index contributed by atoms with van der Waals surface area (Å²) >= 11 is 3.36. The van der Waals surface area contributed by atoms with Crippen LogP contribution >= 0.6 is 15.9 Å². The lowest BCUT2D eigenvalue weighted by molar-refractivity contribution is -0.139. The summed E-state index contributed by atoms with van der Waals surface area (Å²) in [5.41, 5.74) is 1.56. The van der Waals surface area contributed by atoms with E-state index in [0.717, 1.165) is 10.0 Å². The highest BCUT2D eigenvalue weighted by Gasteiger charge is 2.14. The number of ether oxygens (including phenoxy) is 1. The first-order valence-corrected chi connectivity index (χ1v) is 6.52. The number of carbonyl (C=O) groups excluding carboxylic acids is 1. The molecule has 1 aromatic carbocycles. The molecule has 1 atom stereocenters. The maximum absolute atomic E-state index is 11.9. The Morgan fingerprint density at radius 1 is 1.47 bits per heavy atom. The number of benzene rings is 1. The number of aliphatic carboxylic acids is 1. The molecule has 19 heavy (non-hydrogen) atoms. The minimum Gasteiger partial charge on any atom is -0.481 e. The lowest BCUT2D eigenvalue weighted by atomic mass is 10.1. The van der Waals surface area contributed by atoms with E-state index < -0.39 is 12.1 Å². The van der Waals surface area contributed by atoms with Crippen molar-refractivity contribution in [2.24, 2.45) is 0 Å². The normalized spacial score (nSPS) is 11.9. The molecule has 0 bridgehead atoms. The molecule has 0 spiro atoms. The van der Waals surface area contributed by atoms with Crippen molar-refractivity contribution >= 4 is 27.8 Å². The van der Waals surface area contributed by atoms with E-state index >= 15 is 0 Å². The summed E-state index contributed by atoms with van der Waals surface area (Å²) in [6, 6.07) is 5.28. The van der Waals surface area contributed by atoms with E-state index in [1.165, 1.54) is 7.11 Å². The fourth-order valence-corrected chi connectivity index (χ4v) is 1.86. The molecule has 0 aliphatic carbocycles. The number of carboxylic acids is 1. The number of hydrogen-bond donors (Lipinski definition) is 2. The zero-order valence-corrected chi connectivity index (χ0v) is 12.4. The van der Waals surface area contributed by atoms with Crippen molar-refractivity contribution in [1.82, 2.24) is 5.32 Å². The summed E-state index contributed by atoms with van der Waals surface area (Å²) in [5, 5.41) is 11.3. The Bertz CT molecular complexity index is 476. The summed E-state index contributed by atoms with van der Waals surface area (Å²) in [4.78, 5) is 22.4. The number of aryl methyl sites for hydroxylation is 1. The first-order chi connectivity index (χ1) is 8.93. The van der Waals surface area contributed by atoms with Gasteiger partial charge in [0.15, 0.2) is 0 Å². The van der Waals surface area contributed by atoms with Crippen LogP contribution in [0, 0.1) is 6.92 Å². The van der Waals surface area contributed by atoms with Gasteiger partial charge >= 0.3 is 5.97 Å². The molecule has 1 rings (SSSR count). The lowest BCUT2D eigenvalue weighted by Gasteiger charge is -2.14. The third kappa shape index (κ3) is 5.00. The van der Waals surface area contributed by atoms with Gasteiger partial charge in [-0.25, -0.2) is 0 Å². The number of methoxy groups -OCH3 is 1. The number of halogens is 1. The number of amides is 1. The molecule has 1 unspecified atom stereocenters. The zero-order chi connectivity index (χ0) is 14.4. The second kappa shape index (κ2) is 7.25. The van der Waals surface area contributed by atoms with Crippen LogP contribution < -0.4 is 5.32 Å². The number of rotatable bonds is 6. The van der Waals surface area contributed by atoms with Crippen molar-refractivity contribution < 1.29 is 19.4 Å². The Morgan fingerprint density at radius 2 is 2.16 bits per heavy atom. The zero-order valence-electron chi connectivity index (χ0n) is 10.8. The predicted molar refractivity (Wildman–Crippen MR) is 74.3 cm³/mol. The fraction of sp³-hybridized carbons (Fsp3) is 0.385. The molecule has 0 radical (unpaired) electrons. The Kier molecular flexibility index (Phi) is 5.98. The van der Waals surface area contributed by atoms with Crippen LogP contribution in [0.2, 0.25) is 0 Å². The van der Waals surface area contributed by atoms with Crippen molar-refractivity contribution in [2.75, 3.05) is 13.7 Å². The van der Waals surface area contributed by atoms with Crippen LogP contribution in [0.25, 0.3) is 0 Å². The van der Waals surface area contributed by atoms with Crippen molar-refractivity contribution in [2.45, 2.75) is 19.4 Å². The summed E-state index contributed by atoms with van der Waals surface area (Å²) in [5.74, 6) is -1.22. The third-order valence-corrected chi connectivity index (χ3v) is 3.51. The molecule has 1 amide bonds. The molecule has 0 aliphatic heterocycles. The van der Waals surface area contributed by atoms with E-state index in [1.807, 2.05) is 13.0 Å². The van der Waals surface area contributed by atoms with Crippen molar-refractivity contribution in [3.05, 3.63) is 33.8 Å². The fourth-order valence-electron chi connectivity index (χ4n) is 1.48. The second-order valence-electron chi connectivity index (χ2n) is 4.13. The van der Waals surface area contributed by atoms with Crippen LogP contribution in [-0.4, -0.2) is 36.7 Å². The van der Waals surface area contributed by atoms with Crippen LogP contribution in [0.15, 0.2) is 22.7 Å². The average molecular weight is 330 g/mol. The van der Waals surface area contributed by atoms with Crippen molar-refractivity contribution in [1.29, 1.82) is 0 Å². The van der Waals surface area contributed by atoms with Crippen LogP contribution in [0.5, 0.6) is 0 Å². The van der Waals surface area contributed by atoms with Gasteiger partial charge in [0.1, 0.15) is 0 Å². The van der Waals surface area contributed by atoms with Crippen molar-refractivity contribution in [3.8, 4) is 0 Å². The molecule has 6 heteroatoms. The maximum atomic E-state index is 11.9. The molecule has 2 N–H and O–H groups in total. The van der Waals surface area contributed by atoms with Crippen molar-refractivity contribution in [3.63, 3.8) is 0 Å². The Labute approximate surface area is 120 Å². The minimum atomic E-state index is -0.959. The van der Waals surface area contributed by atoms with Crippen LogP contribution in [-0.2, 0) is 9.53 Å². The van der Waals surface area contributed by atoms with Crippen LogP contribution in [0.4, 0.5) is 0 Å². The summed E-state index contributed by atoms with van der Waals surface area (Å²) in [6.45, 7) is 2.09. The molecule has 1 aromatic rings. The van der Waals surface area contributed by atoms with Gasteiger partial charge in [-0.05, 0) is 24.6 Å². The Morgan fingerprint density at radius 3 is 2.68 bits per heavy atom. The Balaban J connectivity index is 2.59. The molecule has 0 aliphatic rings. The van der Waals surface area contributed by atoms with Crippen LogP contribution in [0.3, 0.4) is 0 Å². The summed E-state index contributed by atoms with van der Waals surface area (Å²) < 4.78 is 5.84. The van der Waals surface area contributed by atoms with Crippen LogP contribution in [0.1, 0.15) is 22.3 Å². The predicted octanol–water partition coefficient (Wildman–Crippen LogP) is 1.98. The lowest BCUT2D eigenvalue weighted by Crippen LogP contribution is -2.34. The molecule has 0 heterocycles. The third-order valence-electron chi connectivity index (χ3n) is 2.66. The van der Waals surface area contributed by atoms with Gasteiger partial charge in [0.2, 0.25) is 0 Å². The second-order valence-corrected chi connectivity index (χ2v) is 4.98. The highest BCUT2D eigenvalue weighted by Crippen LogP contribution is 2.17. The van der Waals surface area contributed by atoms with Gasteiger partial charge in [0.05, 0.1) is 12.5 Å². The molecule has 0 saturated carbocycles. The number of carboxylic acid groups (broad SMARTS) is 1. The largest absolute Gasteiger partial charge is 0.481 e. The monoisotopic (exact) mass is 329 g/mol. The molecular formula is C13H16BrNO4. The summed E-state index contributed by atoms with van der Waals surface area (Å²) in [7, 11) is 1.42. The quantitative estimate of drug-likeness (QED) is 0.836. The van der Waals surface area contributed by atoms with Gasteiger partial charge in [-0.2, -0.15) is 0 Å². The number of hydrogen-bond acceptors (Lipinski definition) is 3. The van der Waals surface area contributed by atoms with Gasteiger partial charge in [-0.15, -0.1) is 0 Å². The smallest absolute Gasteiger partial charge is 0.306 e. The molecule has 0 aromatic heterocycles. The highest BCUT2D eigenvalue weighted by atomic mass is 79.9. The Hall–Kier alpha value is -1.40. The van der Waals surface area contributed by atoms with Gasteiger partial charge in [0, 0.05) is 23.7 Å². The molecule has 5 nitrogen and oxygen atoms in total. The van der Waals surface area contributed by atoms with Gasteiger partial charge in [-0.1, -0.05) is 22.0 Å². The molecule has 0 saturated heterocycles.